The molecular formula is C70H126O6. The van der Waals surface area contributed by atoms with Crippen molar-refractivity contribution in [3.63, 3.8) is 0 Å². The predicted molar refractivity (Wildman–Crippen MR) is 330 cm³/mol. The fourth-order valence-electron chi connectivity index (χ4n) is 9.79. The van der Waals surface area contributed by atoms with Gasteiger partial charge in [-0.3, -0.25) is 14.4 Å². The number of rotatable bonds is 61. The molecule has 0 aliphatic heterocycles. The van der Waals surface area contributed by atoms with Gasteiger partial charge in [-0.2, -0.15) is 0 Å². The molecule has 0 fully saturated rings. The van der Waals surface area contributed by atoms with Crippen molar-refractivity contribution in [2.75, 3.05) is 13.2 Å². The lowest BCUT2D eigenvalue weighted by atomic mass is 10.0. The topological polar surface area (TPSA) is 78.9 Å². The van der Waals surface area contributed by atoms with Gasteiger partial charge >= 0.3 is 17.9 Å². The Kier molecular flexibility index (Phi) is 62.2. The van der Waals surface area contributed by atoms with E-state index in [4.69, 9.17) is 14.2 Å². The van der Waals surface area contributed by atoms with Crippen molar-refractivity contribution in [3.8, 4) is 0 Å². The molecule has 0 aliphatic rings. The summed E-state index contributed by atoms with van der Waals surface area (Å²) in [6.45, 7) is 6.56. The van der Waals surface area contributed by atoms with Crippen LogP contribution in [0.1, 0.15) is 348 Å². The Morgan fingerprint density at radius 1 is 0.276 bits per heavy atom. The van der Waals surface area contributed by atoms with E-state index < -0.39 is 6.10 Å². The molecule has 0 radical (unpaired) electrons. The average Bonchev–Trinajstić information content (AvgIpc) is 3.42. The van der Waals surface area contributed by atoms with Crippen LogP contribution < -0.4 is 0 Å². The second-order valence-electron chi connectivity index (χ2n) is 22.4. The maximum Gasteiger partial charge on any atom is 0.306 e. The van der Waals surface area contributed by atoms with Crippen LogP contribution in [0.25, 0.3) is 0 Å². The van der Waals surface area contributed by atoms with Gasteiger partial charge in [-0.05, 0) is 83.5 Å². The van der Waals surface area contributed by atoms with Crippen molar-refractivity contribution in [2.45, 2.75) is 354 Å². The van der Waals surface area contributed by atoms with Crippen LogP contribution in [0.3, 0.4) is 0 Å². The highest BCUT2D eigenvalue weighted by Crippen LogP contribution is 2.17. The Morgan fingerprint density at radius 2 is 0.513 bits per heavy atom. The van der Waals surface area contributed by atoms with Crippen LogP contribution in [0, 0.1) is 0 Å². The number of unbranched alkanes of at least 4 members (excludes halogenated alkanes) is 40. The van der Waals surface area contributed by atoms with Crippen LogP contribution in [0.5, 0.6) is 0 Å². The number of carbonyl (C=O) groups excluding carboxylic acids is 3. The van der Waals surface area contributed by atoms with E-state index in [1.165, 1.54) is 212 Å². The van der Waals surface area contributed by atoms with E-state index in [-0.39, 0.29) is 31.1 Å². The largest absolute Gasteiger partial charge is 0.462 e. The van der Waals surface area contributed by atoms with E-state index >= 15 is 0 Å². The number of carbonyl (C=O) groups is 3. The highest BCUT2D eigenvalue weighted by atomic mass is 16.6. The zero-order valence-electron chi connectivity index (χ0n) is 50.8. The van der Waals surface area contributed by atoms with Crippen LogP contribution in [0.2, 0.25) is 0 Å². The summed E-state index contributed by atoms with van der Waals surface area (Å²) in [5, 5.41) is 0. The van der Waals surface area contributed by atoms with Crippen LogP contribution in [0.15, 0.2) is 60.8 Å². The standard InChI is InChI=1S/C70H126O6/c1-4-7-10-13-16-19-22-25-28-31-33-35-37-39-42-45-48-51-54-57-60-63-69(72)75-66-67(65-74-68(71)62-59-56-53-50-47-44-41-38-30-27-24-21-18-15-12-9-6-3)76-70(73)64-61-58-55-52-49-46-43-40-36-34-32-29-26-23-20-17-14-11-8-5-2/h9,12,18,21,27,30-31,33,41,44,67H,4-8,10-11,13-17,19-20,22-26,28-29,32,34-40,42-43,45-66H2,1-3H3/b12-9-,21-18-,30-27-,33-31-,44-41-. The lowest BCUT2D eigenvalue weighted by Crippen LogP contribution is -2.30. The first-order valence-corrected chi connectivity index (χ1v) is 33.3. The summed E-state index contributed by atoms with van der Waals surface area (Å²) < 4.78 is 17.0. The van der Waals surface area contributed by atoms with Crippen LogP contribution in [-0.2, 0) is 28.6 Å². The van der Waals surface area contributed by atoms with Crippen molar-refractivity contribution in [1.82, 2.24) is 0 Å². The molecule has 0 saturated carbocycles. The summed E-state index contributed by atoms with van der Waals surface area (Å²) in [5.74, 6) is -0.885. The van der Waals surface area contributed by atoms with Gasteiger partial charge in [0.2, 0.25) is 0 Å². The molecule has 0 N–H and O–H groups in total. The maximum absolute atomic E-state index is 12.9. The number of hydrogen-bond donors (Lipinski definition) is 0. The molecule has 0 saturated heterocycles. The zero-order valence-corrected chi connectivity index (χ0v) is 50.8. The molecule has 0 aromatic carbocycles. The number of ether oxygens (including phenoxy) is 3. The van der Waals surface area contributed by atoms with Gasteiger partial charge in [-0.25, -0.2) is 0 Å². The summed E-state index contributed by atoms with van der Waals surface area (Å²) in [6, 6.07) is 0. The van der Waals surface area contributed by atoms with E-state index in [9.17, 15) is 14.4 Å². The van der Waals surface area contributed by atoms with Gasteiger partial charge in [-0.15, -0.1) is 0 Å². The quantitative estimate of drug-likeness (QED) is 0.0261. The van der Waals surface area contributed by atoms with Gasteiger partial charge in [0.1, 0.15) is 13.2 Å². The van der Waals surface area contributed by atoms with Crippen molar-refractivity contribution >= 4 is 17.9 Å². The van der Waals surface area contributed by atoms with E-state index in [2.05, 4.69) is 81.5 Å². The number of allylic oxidation sites excluding steroid dienone is 10. The second kappa shape index (κ2) is 64.6. The Morgan fingerprint density at radius 3 is 0.816 bits per heavy atom. The van der Waals surface area contributed by atoms with E-state index in [1.54, 1.807) is 0 Å². The molecule has 0 rings (SSSR count). The van der Waals surface area contributed by atoms with Crippen LogP contribution >= 0.6 is 0 Å². The predicted octanol–water partition coefficient (Wildman–Crippen LogP) is 22.7. The van der Waals surface area contributed by atoms with E-state index in [0.29, 0.717) is 19.3 Å². The molecule has 0 amide bonds. The van der Waals surface area contributed by atoms with Crippen molar-refractivity contribution in [2.24, 2.45) is 0 Å². The van der Waals surface area contributed by atoms with Crippen LogP contribution in [-0.4, -0.2) is 37.2 Å². The number of hydrogen-bond acceptors (Lipinski definition) is 6. The highest BCUT2D eigenvalue weighted by molar-refractivity contribution is 5.71. The minimum absolute atomic E-state index is 0.0799. The van der Waals surface area contributed by atoms with Crippen molar-refractivity contribution < 1.29 is 28.6 Å². The van der Waals surface area contributed by atoms with E-state index in [0.717, 1.165) is 96.3 Å². The molecule has 0 bridgehead atoms. The van der Waals surface area contributed by atoms with Gasteiger partial charge in [-0.1, -0.05) is 306 Å². The third-order valence-corrected chi connectivity index (χ3v) is 14.8. The first kappa shape index (κ1) is 73.1. The summed E-state index contributed by atoms with van der Waals surface area (Å²) in [7, 11) is 0. The summed E-state index contributed by atoms with van der Waals surface area (Å²) in [4.78, 5) is 38.4. The van der Waals surface area contributed by atoms with Gasteiger partial charge in [0, 0.05) is 19.3 Å². The SMILES string of the molecule is CC/C=C\C/C=C\C/C=C\C/C=C\CCCCCCC(=O)OCC(COC(=O)CCCCCCCCCCC/C=C\CCCCCCCCCC)OC(=O)CCCCCCCCCCCCCCCCCCCCCC. The average molecular weight is 1060 g/mol. The molecule has 6 heteroatoms. The zero-order chi connectivity index (χ0) is 55.0. The summed E-state index contributed by atoms with van der Waals surface area (Å²) in [5.41, 5.74) is 0. The van der Waals surface area contributed by atoms with E-state index in [1.807, 2.05) is 0 Å². The third kappa shape index (κ3) is 62.0. The van der Waals surface area contributed by atoms with Gasteiger partial charge in [0.05, 0.1) is 0 Å². The lowest BCUT2D eigenvalue weighted by Gasteiger charge is -2.18. The molecule has 0 aromatic heterocycles. The smallest absolute Gasteiger partial charge is 0.306 e. The summed E-state index contributed by atoms with van der Waals surface area (Å²) in [6.07, 6.45) is 82.3. The fraction of sp³-hybridized carbons (Fsp3) is 0.814. The minimum atomic E-state index is -0.785. The Hall–Kier alpha value is -2.89. The first-order valence-electron chi connectivity index (χ1n) is 33.3. The monoisotopic (exact) mass is 1060 g/mol. The van der Waals surface area contributed by atoms with Gasteiger partial charge in [0.15, 0.2) is 6.10 Å². The molecule has 1 atom stereocenters. The molecule has 0 heterocycles. The molecule has 0 aromatic rings. The third-order valence-electron chi connectivity index (χ3n) is 14.8. The normalized spacial score (nSPS) is 12.4. The first-order chi connectivity index (χ1) is 37.5. The molecule has 0 aliphatic carbocycles. The molecular weight excluding hydrogens is 937 g/mol. The van der Waals surface area contributed by atoms with Gasteiger partial charge in [0.25, 0.3) is 0 Å². The van der Waals surface area contributed by atoms with Crippen LogP contribution in [0.4, 0.5) is 0 Å². The fourth-order valence-corrected chi connectivity index (χ4v) is 9.79. The maximum atomic E-state index is 12.9. The van der Waals surface area contributed by atoms with Crippen molar-refractivity contribution in [1.29, 1.82) is 0 Å². The molecule has 6 nitrogen and oxygen atoms in total. The van der Waals surface area contributed by atoms with Gasteiger partial charge < -0.3 is 14.2 Å². The van der Waals surface area contributed by atoms with Crippen molar-refractivity contribution in [3.05, 3.63) is 60.8 Å². The second-order valence-corrected chi connectivity index (χ2v) is 22.4. The summed E-state index contributed by atoms with van der Waals surface area (Å²) >= 11 is 0. The molecule has 1 unspecified atom stereocenters. The Bertz CT molecular complexity index is 1360. The lowest BCUT2D eigenvalue weighted by molar-refractivity contribution is -0.167. The highest BCUT2D eigenvalue weighted by Gasteiger charge is 2.19. The Labute approximate surface area is 472 Å². The number of esters is 3. The molecule has 0 spiro atoms. The molecule has 442 valence electrons. The minimum Gasteiger partial charge on any atom is -0.462 e. The molecule has 76 heavy (non-hydrogen) atoms. The Balaban J connectivity index is 4.36.